The molecule has 0 heterocycles. The highest BCUT2D eigenvalue weighted by Crippen LogP contribution is 2.29. The summed E-state index contributed by atoms with van der Waals surface area (Å²) in [5.74, 6) is 0. The molecule has 2 aromatic rings. The molecule has 0 amide bonds. The molecule has 0 aliphatic carbocycles. The van der Waals surface area contributed by atoms with E-state index in [0.29, 0.717) is 13.2 Å². The first-order valence-electron chi connectivity index (χ1n) is 7.57. The molecular formula is C16H19N3O5S2. The maximum Gasteiger partial charge on any atom is 0.293 e. The molecule has 0 spiro atoms. The van der Waals surface area contributed by atoms with Crippen molar-refractivity contribution in [3.05, 3.63) is 58.6 Å². The Morgan fingerprint density at radius 2 is 1.96 bits per heavy atom. The maximum atomic E-state index is 11.4. The highest BCUT2D eigenvalue weighted by Gasteiger charge is 2.20. The highest BCUT2D eigenvalue weighted by atomic mass is 32.2. The Hall–Kier alpha value is -2.14. The minimum absolute atomic E-state index is 0.0000725. The van der Waals surface area contributed by atoms with Crippen molar-refractivity contribution in [2.75, 3.05) is 25.6 Å². The van der Waals surface area contributed by atoms with Crippen molar-refractivity contribution in [3.8, 4) is 0 Å². The van der Waals surface area contributed by atoms with Crippen molar-refractivity contribution in [1.29, 1.82) is 0 Å². The van der Waals surface area contributed by atoms with Crippen LogP contribution in [0.15, 0.2) is 58.3 Å². The first-order valence-corrected chi connectivity index (χ1v) is 9.99. The quantitative estimate of drug-likeness (QED) is 0.378. The van der Waals surface area contributed by atoms with E-state index in [-0.39, 0.29) is 21.5 Å². The van der Waals surface area contributed by atoms with Crippen LogP contribution in [-0.2, 0) is 14.8 Å². The van der Waals surface area contributed by atoms with E-state index in [1.54, 1.807) is 18.9 Å². The third kappa shape index (κ3) is 5.70. The molecule has 0 aliphatic rings. The van der Waals surface area contributed by atoms with Crippen molar-refractivity contribution in [1.82, 2.24) is 0 Å². The fourth-order valence-corrected chi connectivity index (χ4v) is 3.83. The van der Waals surface area contributed by atoms with Gasteiger partial charge in [0.15, 0.2) is 0 Å². The molecule has 0 aromatic heterocycles. The van der Waals surface area contributed by atoms with Crippen LogP contribution in [0.1, 0.15) is 0 Å². The summed E-state index contributed by atoms with van der Waals surface area (Å²) in [5.41, 5.74) is -0.130. The van der Waals surface area contributed by atoms with Gasteiger partial charge >= 0.3 is 0 Å². The number of methoxy groups -OCH3 is 1. The number of nitrogens with one attached hydrogen (secondary N) is 1. The van der Waals surface area contributed by atoms with E-state index in [1.165, 1.54) is 12.1 Å². The van der Waals surface area contributed by atoms with Crippen LogP contribution in [0.2, 0.25) is 0 Å². The van der Waals surface area contributed by atoms with Gasteiger partial charge in [-0.15, -0.1) is 11.8 Å². The van der Waals surface area contributed by atoms with E-state index in [1.807, 2.05) is 30.3 Å². The fraction of sp³-hybridized carbons (Fsp3) is 0.250. The molecule has 0 fully saturated rings. The van der Waals surface area contributed by atoms with Crippen LogP contribution >= 0.6 is 11.8 Å². The molecule has 10 heteroatoms. The minimum atomic E-state index is -4.01. The topological polar surface area (TPSA) is 125 Å². The van der Waals surface area contributed by atoms with Crippen molar-refractivity contribution in [3.63, 3.8) is 0 Å². The van der Waals surface area contributed by atoms with Gasteiger partial charge in [-0.25, -0.2) is 13.6 Å². The summed E-state index contributed by atoms with van der Waals surface area (Å²) in [7, 11) is -2.43. The Balaban J connectivity index is 2.16. The molecule has 0 saturated heterocycles. The number of nitrogens with two attached hydrogens (primary N) is 1. The van der Waals surface area contributed by atoms with Gasteiger partial charge in [-0.05, 0) is 24.3 Å². The molecule has 1 atom stereocenters. The normalized spacial score (nSPS) is 12.5. The van der Waals surface area contributed by atoms with Gasteiger partial charge in [-0.1, -0.05) is 18.2 Å². The number of nitro groups is 1. The van der Waals surface area contributed by atoms with E-state index in [4.69, 9.17) is 9.88 Å². The van der Waals surface area contributed by atoms with Crippen molar-refractivity contribution < 1.29 is 18.1 Å². The number of anilines is 1. The third-order valence-corrected chi connectivity index (χ3v) is 5.50. The summed E-state index contributed by atoms with van der Waals surface area (Å²) in [6.45, 7) is 0.832. The van der Waals surface area contributed by atoms with E-state index in [0.717, 1.165) is 11.0 Å². The van der Waals surface area contributed by atoms with Gasteiger partial charge in [0.2, 0.25) is 10.0 Å². The predicted octanol–water partition coefficient (Wildman–Crippen LogP) is 2.46. The van der Waals surface area contributed by atoms with Gasteiger partial charge in [0.1, 0.15) is 5.69 Å². The lowest BCUT2D eigenvalue weighted by Crippen LogP contribution is -2.22. The van der Waals surface area contributed by atoms with Gasteiger partial charge in [-0.3, -0.25) is 10.1 Å². The van der Waals surface area contributed by atoms with Gasteiger partial charge in [0.25, 0.3) is 5.69 Å². The van der Waals surface area contributed by atoms with Crippen LogP contribution < -0.4 is 10.5 Å². The lowest BCUT2D eigenvalue weighted by molar-refractivity contribution is -0.384. The minimum Gasteiger partial charge on any atom is -0.383 e. The predicted molar refractivity (Wildman–Crippen MR) is 101 cm³/mol. The summed E-state index contributed by atoms with van der Waals surface area (Å²) < 4.78 is 28.0. The molecule has 0 saturated carbocycles. The second-order valence-corrected chi connectivity index (χ2v) is 8.31. The largest absolute Gasteiger partial charge is 0.383 e. The van der Waals surface area contributed by atoms with Crippen LogP contribution in [0, 0.1) is 10.1 Å². The Labute approximate surface area is 155 Å². The molecule has 0 bridgehead atoms. The number of ether oxygens (including phenoxy) is 1. The van der Waals surface area contributed by atoms with Gasteiger partial charge in [0, 0.05) is 24.6 Å². The molecule has 2 rings (SSSR count). The van der Waals surface area contributed by atoms with E-state index < -0.39 is 14.9 Å². The number of hydrogen-bond donors (Lipinski definition) is 2. The average Bonchev–Trinajstić information content (AvgIpc) is 2.59. The van der Waals surface area contributed by atoms with E-state index >= 15 is 0 Å². The lowest BCUT2D eigenvalue weighted by atomic mass is 10.2. The van der Waals surface area contributed by atoms with Crippen LogP contribution in [0.25, 0.3) is 0 Å². The molecule has 8 nitrogen and oxygen atoms in total. The Morgan fingerprint density at radius 3 is 2.54 bits per heavy atom. The zero-order valence-electron chi connectivity index (χ0n) is 14.0. The number of primary sulfonamides is 1. The molecule has 1 unspecified atom stereocenters. The van der Waals surface area contributed by atoms with E-state index in [9.17, 15) is 18.5 Å². The molecule has 0 aliphatic heterocycles. The summed E-state index contributed by atoms with van der Waals surface area (Å²) in [6, 6.07) is 13.2. The SMILES string of the molecule is COCC(CNc1ccc(S(N)(=O)=O)cc1[N+](=O)[O-])Sc1ccccc1. The van der Waals surface area contributed by atoms with Crippen molar-refractivity contribution in [2.45, 2.75) is 15.0 Å². The zero-order chi connectivity index (χ0) is 19.2. The molecule has 26 heavy (non-hydrogen) atoms. The van der Waals surface area contributed by atoms with Crippen LogP contribution in [0.4, 0.5) is 11.4 Å². The maximum absolute atomic E-state index is 11.4. The number of nitrogens with zero attached hydrogens (tertiary/aromatic N) is 1. The number of rotatable bonds is 9. The van der Waals surface area contributed by atoms with Crippen molar-refractivity contribution >= 4 is 33.2 Å². The zero-order valence-corrected chi connectivity index (χ0v) is 15.6. The standard InChI is InChI=1S/C16H19N3O5S2/c1-24-11-13(25-12-5-3-2-4-6-12)10-18-15-8-7-14(26(17,22)23)9-16(15)19(20)21/h2-9,13,18H,10-11H2,1H3,(H2,17,22,23). The first kappa shape index (κ1) is 20.2. The van der Waals surface area contributed by atoms with Crippen LogP contribution in [0.5, 0.6) is 0 Å². The Morgan fingerprint density at radius 1 is 1.27 bits per heavy atom. The third-order valence-electron chi connectivity index (χ3n) is 3.41. The summed E-state index contributed by atoms with van der Waals surface area (Å²) in [5, 5.41) is 19.3. The molecule has 2 aromatic carbocycles. The van der Waals surface area contributed by atoms with Crippen molar-refractivity contribution in [2.24, 2.45) is 5.14 Å². The van der Waals surface area contributed by atoms with E-state index in [2.05, 4.69) is 5.32 Å². The smallest absolute Gasteiger partial charge is 0.293 e. The molecule has 140 valence electrons. The molecule has 0 radical (unpaired) electrons. The second kappa shape index (κ2) is 8.99. The number of thioether (sulfide) groups is 1. The molecular weight excluding hydrogens is 378 g/mol. The Kier molecular flexibility index (Phi) is 6.98. The average molecular weight is 397 g/mol. The number of sulfonamides is 1. The highest BCUT2D eigenvalue weighted by molar-refractivity contribution is 8.00. The van der Waals surface area contributed by atoms with Gasteiger partial charge in [-0.2, -0.15) is 0 Å². The monoisotopic (exact) mass is 397 g/mol. The van der Waals surface area contributed by atoms with Gasteiger partial charge < -0.3 is 10.1 Å². The first-order chi connectivity index (χ1) is 12.3. The number of nitro benzene ring substituents is 1. The fourth-order valence-electron chi connectivity index (χ4n) is 2.22. The molecule has 3 N–H and O–H groups in total. The number of benzene rings is 2. The van der Waals surface area contributed by atoms with Crippen LogP contribution in [-0.4, -0.2) is 38.9 Å². The lowest BCUT2D eigenvalue weighted by Gasteiger charge is -2.17. The Bertz CT molecular complexity index is 859. The summed E-state index contributed by atoms with van der Waals surface area (Å²) in [4.78, 5) is 11.4. The number of hydrogen-bond acceptors (Lipinski definition) is 7. The summed E-state index contributed by atoms with van der Waals surface area (Å²) in [6.07, 6.45) is 0. The summed E-state index contributed by atoms with van der Waals surface area (Å²) >= 11 is 1.58. The van der Waals surface area contributed by atoms with Gasteiger partial charge in [0.05, 0.1) is 21.7 Å². The second-order valence-electron chi connectivity index (χ2n) is 5.37. The van der Waals surface area contributed by atoms with Crippen LogP contribution in [0.3, 0.4) is 0 Å².